The van der Waals surface area contributed by atoms with Crippen molar-refractivity contribution >= 4 is 23.6 Å². The van der Waals surface area contributed by atoms with Crippen molar-refractivity contribution in [3.63, 3.8) is 0 Å². The Morgan fingerprint density at radius 1 is 1.14 bits per heavy atom. The first-order valence-corrected chi connectivity index (χ1v) is 8.54. The lowest BCUT2D eigenvalue weighted by molar-refractivity contribution is 0.0954. The Kier molecular flexibility index (Phi) is 7.80. The van der Waals surface area contributed by atoms with Gasteiger partial charge in [-0.1, -0.05) is 18.2 Å². The van der Waals surface area contributed by atoms with Gasteiger partial charge in [-0.15, -0.1) is 0 Å². The minimum absolute atomic E-state index is 0.0612. The molecule has 0 aliphatic heterocycles. The van der Waals surface area contributed by atoms with E-state index in [4.69, 9.17) is 0 Å². The Balaban J connectivity index is 2.26. The number of nitrogens with one attached hydrogen (secondary N) is 3. The summed E-state index contributed by atoms with van der Waals surface area (Å²) in [7, 11) is 1.74. The molecule has 0 heterocycles. The molecule has 0 bridgehead atoms. The fourth-order valence-electron chi connectivity index (χ4n) is 1.64. The molecule has 1 amide bonds. The number of benzene rings is 1. The highest BCUT2D eigenvalue weighted by Gasteiger charge is 2.15. The summed E-state index contributed by atoms with van der Waals surface area (Å²) in [6, 6.07) is 9.20. The topological polar surface area (TPSA) is 65.5 Å². The van der Waals surface area contributed by atoms with E-state index in [1.54, 1.807) is 19.2 Å². The van der Waals surface area contributed by atoms with Crippen molar-refractivity contribution in [1.29, 1.82) is 0 Å². The first kappa shape index (κ1) is 18.4. The summed E-state index contributed by atoms with van der Waals surface area (Å²) >= 11 is 1.81. The maximum atomic E-state index is 11.9. The fraction of sp³-hybridized carbons (Fsp3) is 0.500. The molecule has 1 aromatic rings. The number of carbonyl (C=O) groups excluding carboxylic acids is 1. The van der Waals surface area contributed by atoms with Crippen molar-refractivity contribution in [2.45, 2.75) is 18.6 Å². The summed E-state index contributed by atoms with van der Waals surface area (Å²) in [6.45, 7) is 6.35. The van der Waals surface area contributed by atoms with Crippen LogP contribution in [0.15, 0.2) is 35.3 Å². The van der Waals surface area contributed by atoms with Crippen molar-refractivity contribution in [1.82, 2.24) is 16.0 Å². The zero-order valence-corrected chi connectivity index (χ0v) is 14.6. The van der Waals surface area contributed by atoms with Gasteiger partial charge < -0.3 is 16.0 Å². The van der Waals surface area contributed by atoms with Crippen molar-refractivity contribution in [2.75, 3.05) is 32.9 Å². The molecule has 122 valence electrons. The van der Waals surface area contributed by atoms with Gasteiger partial charge in [0.15, 0.2) is 5.96 Å². The molecule has 1 rings (SSSR count). The smallest absolute Gasteiger partial charge is 0.251 e. The summed E-state index contributed by atoms with van der Waals surface area (Å²) in [5.74, 6) is 0.685. The Bertz CT molecular complexity index is 488. The number of aliphatic imine (C=N–C) groups is 1. The predicted molar refractivity (Wildman–Crippen MR) is 95.7 cm³/mol. The molecule has 0 fully saturated rings. The number of thioether (sulfide) groups is 1. The maximum absolute atomic E-state index is 11.9. The van der Waals surface area contributed by atoms with Crippen LogP contribution in [-0.2, 0) is 0 Å². The van der Waals surface area contributed by atoms with E-state index in [0.29, 0.717) is 18.7 Å². The Hall–Kier alpha value is -1.69. The molecule has 6 heteroatoms. The summed E-state index contributed by atoms with van der Waals surface area (Å²) in [4.78, 5) is 16.0. The molecule has 1 aromatic carbocycles. The third-order valence-corrected chi connectivity index (χ3v) is 4.45. The van der Waals surface area contributed by atoms with Crippen LogP contribution in [0, 0.1) is 0 Å². The predicted octanol–water partition coefficient (Wildman–Crippen LogP) is 1.72. The van der Waals surface area contributed by atoms with Gasteiger partial charge in [0, 0.05) is 37.0 Å². The zero-order valence-electron chi connectivity index (χ0n) is 13.8. The van der Waals surface area contributed by atoms with Crippen LogP contribution in [0.25, 0.3) is 0 Å². The highest BCUT2D eigenvalue weighted by Crippen LogP contribution is 2.19. The van der Waals surface area contributed by atoms with Crippen LogP contribution in [0.2, 0.25) is 0 Å². The lowest BCUT2D eigenvalue weighted by atomic mass is 10.2. The van der Waals surface area contributed by atoms with Crippen LogP contribution in [0.3, 0.4) is 0 Å². The van der Waals surface area contributed by atoms with E-state index in [1.807, 2.05) is 30.0 Å². The molecule has 0 unspecified atom stereocenters. The Morgan fingerprint density at radius 2 is 1.77 bits per heavy atom. The molecule has 0 saturated carbocycles. The number of guanidine groups is 1. The average Bonchev–Trinajstić information content (AvgIpc) is 2.54. The van der Waals surface area contributed by atoms with Crippen LogP contribution >= 0.6 is 11.8 Å². The quantitative estimate of drug-likeness (QED) is 0.406. The van der Waals surface area contributed by atoms with Crippen LogP contribution < -0.4 is 16.0 Å². The minimum atomic E-state index is -0.0612. The molecule has 5 nitrogen and oxygen atoms in total. The number of amides is 1. The van der Waals surface area contributed by atoms with Crippen LogP contribution in [-0.4, -0.2) is 49.6 Å². The van der Waals surface area contributed by atoms with Gasteiger partial charge in [0.1, 0.15) is 0 Å². The third kappa shape index (κ3) is 6.85. The van der Waals surface area contributed by atoms with Crippen molar-refractivity contribution in [2.24, 2.45) is 4.99 Å². The average molecular weight is 322 g/mol. The summed E-state index contributed by atoms with van der Waals surface area (Å²) < 4.78 is 0.152. The van der Waals surface area contributed by atoms with Crippen molar-refractivity contribution in [3.05, 3.63) is 35.9 Å². The molecule has 0 aliphatic rings. The van der Waals surface area contributed by atoms with E-state index in [-0.39, 0.29) is 10.7 Å². The molecule has 0 aliphatic carbocycles. The Labute approximate surface area is 137 Å². The highest BCUT2D eigenvalue weighted by molar-refractivity contribution is 7.99. The summed E-state index contributed by atoms with van der Waals surface area (Å²) in [5.41, 5.74) is 0.673. The van der Waals surface area contributed by atoms with E-state index < -0.39 is 0 Å². The molecule has 0 radical (unpaired) electrons. The molecule has 0 atom stereocenters. The van der Waals surface area contributed by atoms with Crippen molar-refractivity contribution < 1.29 is 4.79 Å². The molecule has 0 saturated heterocycles. The number of hydrogen-bond acceptors (Lipinski definition) is 3. The van der Waals surface area contributed by atoms with Crippen molar-refractivity contribution in [3.8, 4) is 0 Å². The van der Waals surface area contributed by atoms with E-state index in [1.165, 1.54) is 0 Å². The van der Waals surface area contributed by atoms with Gasteiger partial charge in [0.05, 0.1) is 0 Å². The van der Waals surface area contributed by atoms with Gasteiger partial charge in [-0.05, 0) is 32.2 Å². The lowest BCUT2D eigenvalue weighted by Crippen LogP contribution is -2.45. The van der Waals surface area contributed by atoms with E-state index in [2.05, 4.69) is 41.0 Å². The number of nitrogens with zero attached hydrogens (tertiary/aromatic N) is 1. The second-order valence-electron chi connectivity index (χ2n) is 5.44. The minimum Gasteiger partial charge on any atom is -0.355 e. The van der Waals surface area contributed by atoms with E-state index >= 15 is 0 Å². The molecule has 0 aromatic heterocycles. The molecular formula is C16H26N4OS. The van der Waals surface area contributed by atoms with Crippen LogP contribution in [0.1, 0.15) is 24.2 Å². The lowest BCUT2D eigenvalue weighted by Gasteiger charge is -2.23. The summed E-state index contributed by atoms with van der Waals surface area (Å²) in [6.07, 6.45) is 2.09. The maximum Gasteiger partial charge on any atom is 0.251 e. The SMILES string of the molecule is CN=C(NCCNC(=O)c1ccccc1)NCC(C)(C)SC. The van der Waals surface area contributed by atoms with Gasteiger partial charge in [-0.25, -0.2) is 0 Å². The molecule has 22 heavy (non-hydrogen) atoms. The highest BCUT2D eigenvalue weighted by atomic mass is 32.2. The first-order chi connectivity index (χ1) is 10.5. The first-order valence-electron chi connectivity index (χ1n) is 7.31. The van der Waals surface area contributed by atoms with E-state index in [0.717, 1.165) is 12.5 Å². The Morgan fingerprint density at radius 3 is 2.36 bits per heavy atom. The van der Waals surface area contributed by atoms with Gasteiger partial charge in [-0.3, -0.25) is 9.79 Å². The van der Waals surface area contributed by atoms with Gasteiger partial charge in [0.2, 0.25) is 0 Å². The molecule has 3 N–H and O–H groups in total. The van der Waals surface area contributed by atoms with Crippen LogP contribution in [0.4, 0.5) is 0 Å². The second kappa shape index (κ2) is 9.35. The standard InChI is InChI=1S/C16H26N4OS/c1-16(2,22-4)12-20-15(17-3)19-11-10-18-14(21)13-8-6-5-7-9-13/h5-9H,10-12H2,1-4H3,(H,18,21)(H2,17,19,20). The number of hydrogen-bond donors (Lipinski definition) is 3. The monoisotopic (exact) mass is 322 g/mol. The van der Waals surface area contributed by atoms with Crippen LogP contribution in [0.5, 0.6) is 0 Å². The van der Waals surface area contributed by atoms with Gasteiger partial charge in [0.25, 0.3) is 5.91 Å². The summed E-state index contributed by atoms with van der Waals surface area (Å²) in [5, 5.41) is 9.35. The van der Waals surface area contributed by atoms with E-state index in [9.17, 15) is 4.79 Å². The normalized spacial score (nSPS) is 11.9. The van der Waals surface area contributed by atoms with Gasteiger partial charge >= 0.3 is 0 Å². The fourth-order valence-corrected chi connectivity index (χ4v) is 1.85. The largest absolute Gasteiger partial charge is 0.355 e. The molecule has 0 spiro atoms. The third-order valence-electron chi connectivity index (χ3n) is 3.20. The molecular weight excluding hydrogens is 296 g/mol. The second-order valence-corrected chi connectivity index (χ2v) is 6.95. The zero-order chi connectivity index (χ0) is 16.4. The van der Waals surface area contributed by atoms with Gasteiger partial charge in [-0.2, -0.15) is 11.8 Å². The number of carbonyl (C=O) groups is 1. The number of rotatable bonds is 7.